The highest BCUT2D eigenvalue weighted by molar-refractivity contribution is 7.20. The van der Waals surface area contributed by atoms with Gasteiger partial charge in [0.1, 0.15) is 5.82 Å². The van der Waals surface area contributed by atoms with Gasteiger partial charge in [-0.25, -0.2) is 19.2 Å². The second-order valence-electron chi connectivity index (χ2n) is 7.37. The van der Waals surface area contributed by atoms with E-state index in [1.165, 1.54) is 0 Å². The molecule has 1 N–H and O–H groups in total. The first kappa shape index (κ1) is 15.6. The Bertz CT molecular complexity index is 835. The molecule has 0 fully saturated rings. The number of hydrogen-bond acceptors (Lipinski definition) is 6. The molecule has 0 unspecified atom stereocenters. The Morgan fingerprint density at radius 2 is 2.12 bits per heavy atom. The van der Waals surface area contributed by atoms with Crippen molar-refractivity contribution in [3.8, 4) is 0 Å². The number of fused-ring (bicyclic) bond motifs is 2. The molecule has 7 nitrogen and oxygen atoms in total. The van der Waals surface area contributed by atoms with Gasteiger partial charge in [-0.05, 0) is 6.42 Å². The monoisotopic (exact) mass is 345 g/mol. The molecule has 8 heteroatoms. The van der Waals surface area contributed by atoms with Crippen molar-refractivity contribution >= 4 is 21.4 Å². The van der Waals surface area contributed by atoms with Crippen LogP contribution in [0.4, 0.5) is 5.13 Å². The van der Waals surface area contributed by atoms with Gasteiger partial charge in [0, 0.05) is 24.3 Å². The Balaban J connectivity index is 1.49. The average molecular weight is 345 g/mol. The quantitative estimate of drug-likeness (QED) is 0.790. The lowest BCUT2D eigenvalue weighted by Crippen LogP contribution is -2.32. The van der Waals surface area contributed by atoms with E-state index in [4.69, 9.17) is 4.98 Å². The Kier molecular flexibility index (Phi) is 3.59. The van der Waals surface area contributed by atoms with Crippen LogP contribution in [-0.4, -0.2) is 35.4 Å². The molecule has 3 aromatic heterocycles. The number of nitrogens with zero attached hydrogens (tertiary/aromatic N) is 6. The maximum atomic E-state index is 4.70. The molecule has 3 aromatic rings. The highest BCUT2D eigenvalue weighted by Gasteiger charge is 2.23. The summed E-state index contributed by atoms with van der Waals surface area (Å²) >= 11 is 1.60. The fourth-order valence-electron chi connectivity index (χ4n) is 2.92. The largest absolute Gasteiger partial charge is 0.355 e. The molecule has 0 amide bonds. The predicted octanol–water partition coefficient (Wildman–Crippen LogP) is 2.67. The molecule has 0 spiro atoms. The summed E-state index contributed by atoms with van der Waals surface area (Å²) in [7, 11) is 0. The summed E-state index contributed by atoms with van der Waals surface area (Å²) < 4.78 is 3.92. The van der Waals surface area contributed by atoms with E-state index in [0.29, 0.717) is 6.04 Å². The first-order valence-corrected chi connectivity index (χ1v) is 9.30. The van der Waals surface area contributed by atoms with Gasteiger partial charge in [0.2, 0.25) is 10.1 Å². The maximum absolute atomic E-state index is 4.70. The van der Waals surface area contributed by atoms with Gasteiger partial charge in [0.05, 0.1) is 18.4 Å². The SMILES string of the molecule is CCc1nc2n(n1)C[C@@H](Nc1nn3cc(C(C)(C)C)nc3s1)CC2. The molecule has 0 aliphatic carbocycles. The third-order valence-electron chi connectivity index (χ3n) is 4.36. The molecule has 0 aromatic carbocycles. The Morgan fingerprint density at radius 3 is 2.83 bits per heavy atom. The Hall–Kier alpha value is -1.96. The minimum atomic E-state index is 0.0465. The van der Waals surface area contributed by atoms with Crippen LogP contribution in [-0.2, 0) is 24.8 Å². The predicted molar refractivity (Wildman–Crippen MR) is 94.7 cm³/mol. The zero-order valence-corrected chi connectivity index (χ0v) is 15.4. The van der Waals surface area contributed by atoms with Crippen molar-refractivity contribution in [3.05, 3.63) is 23.5 Å². The van der Waals surface area contributed by atoms with Crippen molar-refractivity contribution < 1.29 is 0 Å². The maximum Gasteiger partial charge on any atom is 0.214 e. The number of hydrogen-bond donors (Lipinski definition) is 1. The van der Waals surface area contributed by atoms with Crippen molar-refractivity contribution in [2.24, 2.45) is 0 Å². The van der Waals surface area contributed by atoms with Crippen molar-refractivity contribution in [2.45, 2.75) is 65.0 Å². The van der Waals surface area contributed by atoms with Crippen LogP contribution in [0.1, 0.15) is 51.5 Å². The summed E-state index contributed by atoms with van der Waals surface area (Å²) in [6.45, 7) is 9.44. The van der Waals surface area contributed by atoms with E-state index >= 15 is 0 Å². The van der Waals surface area contributed by atoms with Crippen molar-refractivity contribution in [1.29, 1.82) is 0 Å². The minimum absolute atomic E-state index is 0.0465. The fourth-order valence-corrected chi connectivity index (χ4v) is 3.78. The first-order valence-electron chi connectivity index (χ1n) is 8.48. The van der Waals surface area contributed by atoms with Gasteiger partial charge in [-0.3, -0.25) is 0 Å². The zero-order chi connectivity index (χ0) is 16.9. The number of nitrogens with one attached hydrogen (secondary N) is 1. The van der Waals surface area contributed by atoms with Crippen LogP contribution in [0.3, 0.4) is 0 Å². The van der Waals surface area contributed by atoms with Gasteiger partial charge in [-0.2, -0.15) is 5.10 Å². The van der Waals surface area contributed by atoms with E-state index in [1.807, 2.05) is 15.4 Å². The van der Waals surface area contributed by atoms with Gasteiger partial charge < -0.3 is 5.32 Å². The number of anilines is 1. The smallest absolute Gasteiger partial charge is 0.214 e. The van der Waals surface area contributed by atoms with Crippen LogP contribution < -0.4 is 5.32 Å². The third-order valence-corrected chi connectivity index (χ3v) is 5.21. The van der Waals surface area contributed by atoms with Crippen LogP contribution in [0.5, 0.6) is 0 Å². The van der Waals surface area contributed by atoms with E-state index in [0.717, 1.165) is 53.2 Å². The van der Waals surface area contributed by atoms with Gasteiger partial charge >= 0.3 is 0 Å². The highest BCUT2D eigenvalue weighted by Crippen LogP contribution is 2.27. The van der Waals surface area contributed by atoms with Crippen molar-refractivity contribution in [1.82, 2.24) is 29.4 Å². The lowest BCUT2D eigenvalue weighted by molar-refractivity contribution is 0.440. The summed E-state index contributed by atoms with van der Waals surface area (Å²) in [6.07, 6.45) is 4.93. The molecule has 4 rings (SSSR count). The van der Waals surface area contributed by atoms with Crippen LogP contribution in [0.2, 0.25) is 0 Å². The Labute approximate surface area is 145 Å². The summed E-state index contributed by atoms with van der Waals surface area (Å²) in [5.74, 6) is 2.04. The summed E-state index contributed by atoms with van der Waals surface area (Å²) in [4.78, 5) is 10.2. The highest BCUT2D eigenvalue weighted by atomic mass is 32.1. The van der Waals surface area contributed by atoms with Gasteiger partial charge in [-0.15, -0.1) is 5.10 Å². The van der Waals surface area contributed by atoms with E-state index in [9.17, 15) is 0 Å². The van der Waals surface area contributed by atoms with Crippen LogP contribution in [0.15, 0.2) is 6.20 Å². The van der Waals surface area contributed by atoms with Gasteiger partial charge in [-0.1, -0.05) is 39.0 Å². The molecule has 0 bridgehead atoms. The molecule has 0 saturated carbocycles. The van der Waals surface area contributed by atoms with E-state index in [1.54, 1.807) is 11.3 Å². The van der Waals surface area contributed by atoms with Crippen LogP contribution >= 0.6 is 11.3 Å². The number of rotatable bonds is 3. The molecule has 0 radical (unpaired) electrons. The van der Waals surface area contributed by atoms with Crippen LogP contribution in [0, 0.1) is 0 Å². The standard InChI is InChI=1S/C16H23N7S/c1-5-12-19-13-7-6-10(8-22(13)20-12)17-14-21-23-9-11(16(2,3)4)18-15(23)24-14/h9-10H,5-8H2,1-4H3,(H,17,21)/t10-/m0/s1. The van der Waals surface area contributed by atoms with E-state index in [2.05, 4.69) is 48.2 Å². The molecule has 24 heavy (non-hydrogen) atoms. The summed E-state index contributed by atoms with van der Waals surface area (Å²) in [5.41, 5.74) is 1.12. The molecular weight excluding hydrogens is 322 g/mol. The van der Waals surface area contributed by atoms with Gasteiger partial charge in [0.25, 0.3) is 0 Å². The summed E-state index contributed by atoms with van der Waals surface area (Å²) in [5, 5.41) is 13.7. The molecule has 1 aliphatic heterocycles. The minimum Gasteiger partial charge on any atom is -0.355 e. The number of imidazole rings is 1. The fraction of sp³-hybridized carbons (Fsp3) is 0.625. The third kappa shape index (κ3) is 2.79. The topological polar surface area (TPSA) is 72.9 Å². The normalized spacial score (nSPS) is 18.1. The number of aryl methyl sites for hydroxylation is 2. The van der Waals surface area contributed by atoms with E-state index < -0.39 is 0 Å². The molecule has 1 atom stereocenters. The van der Waals surface area contributed by atoms with E-state index in [-0.39, 0.29) is 5.41 Å². The zero-order valence-electron chi connectivity index (χ0n) is 14.6. The molecule has 0 saturated heterocycles. The van der Waals surface area contributed by atoms with Gasteiger partial charge in [0.15, 0.2) is 5.82 Å². The number of aromatic nitrogens is 6. The molecule has 4 heterocycles. The molecular formula is C16H23N7S. The second-order valence-corrected chi connectivity index (χ2v) is 8.33. The summed E-state index contributed by atoms with van der Waals surface area (Å²) in [6, 6.07) is 0.335. The lowest BCUT2D eigenvalue weighted by Gasteiger charge is -2.22. The van der Waals surface area contributed by atoms with Crippen molar-refractivity contribution in [2.75, 3.05) is 5.32 Å². The molecule has 1 aliphatic rings. The second kappa shape index (κ2) is 5.54. The average Bonchev–Trinajstić information content (AvgIpc) is 3.17. The van der Waals surface area contributed by atoms with Crippen LogP contribution in [0.25, 0.3) is 4.96 Å². The lowest BCUT2D eigenvalue weighted by atomic mass is 9.93. The van der Waals surface area contributed by atoms with Crippen molar-refractivity contribution in [3.63, 3.8) is 0 Å². The first-order chi connectivity index (χ1) is 11.4. The molecule has 128 valence electrons. The Morgan fingerprint density at radius 1 is 1.29 bits per heavy atom.